The van der Waals surface area contributed by atoms with Gasteiger partial charge in [0, 0.05) is 21.2 Å². The minimum atomic E-state index is -0.264. The first-order valence-corrected chi connectivity index (χ1v) is 6.45. The standard InChI is InChI=1S/C11H17BrN4O3/c1-15(2)9(17)7-13-8-6-14-16(4-5-19-3)11(18)10(8)12/h6,13H,4-5,7H2,1-3H3. The van der Waals surface area contributed by atoms with E-state index < -0.39 is 0 Å². The second-order valence-electron chi connectivity index (χ2n) is 4.04. The van der Waals surface area contributed by atoms with Crippen molar-refractivity contribution in [2.45, 2.75) is 6.54 Å². The van der Waals surface area contributed by atoms with Crippen molar-refractivity contribution < 1.29 is 9.53 Å². The zero-order valence-corrected chi connectivity index (χ0v) is 12.7. The number of carbonyl (C=O) groups excluding carboxylic acids is 1. The van der Waals surface area contributed by atoms with Gasteiger partial charge in [0.15, 0.2) is 0 Å². The largest absolute Gasteiger partial charge is 0.383 e. The second-order valence-corrected chi connectivity index (χ2v) is 4.83. The van der Waals surface area contributed by atoms with E-state index in [-0.39, 0.29) is 18.0 Å². The first-order chi connectivity index (χ1) is 8.97. The van der Waals surface area contributed by atoms with Crippen molar-refractivity contribution in [3.05, 3.63) is 21.0 Å². The van der Waals surface area contributed by atoms with E-state index in [0.29, 0.717) is 23.3 Å². The Morgan fingerprint density at radius 2 is 2.26 bits per heavy atom. The van der Waals surface area contributed by atoms with Gasteiger partial charge >= 0.3 is 0 Å². The molecule has 1 aromatic heterocycles. The highest BCUT2D eigenvalue weighted by molar-refractivity contribution is 9.10. The highest BCUT2D eigenvalue weighted by Crippen LogP contribution is 2.15. The van der Waals surface area contributed by atoms with Gasteiger partial charge in [0.25, 0.3) is 5.56 Å². The van der Waals surface area contributed by atoms with Crippen LogP contribution in [0.3, 0.4) is 0 Å². The van der Waals surface area contributed by atoms with E-state index in [4.69, 9.17) is 4.74 Å². The van der Waals surface area contributed by atoms with Gasteiger partial charge in [0.2, 0.25) is 5.91 Å². The van der Waals surface area contributed by atoms with Gasteiger partial charge in [-0.25, -0.2) is 4.68 Å². The van der Waals surface area contributed by atoms with Crippen LogP contribution < -0.4 is 10.9 Å². The minimum absolute atomic E-state index is 0.0875. The van der Waals surface area contributed by atoms with Crippen LogP contribution >= 0.6 is 15.9 Å². The third-order valence-electron chi connectivity index (χ3n) is 2.42. The smallest absolute Gasteiger partial charge is 0.283 e. The summed E-state index contributed by atoms with van der Waals surface area (Å²) in [5.74, 6) is -0.0875. The van der Waals surface area contributed by atoms with Crippen molar-refractivity contribution in [1.82, 2.24) is 14.7 Å². The Morgan fingerprint density at radius 3 is 2.84 bits per heavy atom. The summed E-state index contributed by atoms with van der Waals surface area (Å²) in [5.41, 5.74) is 0.230. The molecular weight excluding hydrogens is 316 g/mol. The Kier molecular flexibility index (Phi) is 5.97. The highest BCUT2D eigenvalue weighted by Gasteiger charge is 2.10. The molecule has 0 radical (unpaired) electrons. The molecular formula is C11H17BrN4O3. The lowest BCUT2D eigenvalue weighted by molar-refractivity contribution is -0.126. The molecule has 0 unspecified atom stereocenters. The molecule has 0 spiro atoms. The van der Waals surface area contributed by atoms with Gasteiger partial charge in [-0.2, -0.15) is 5.10 Å². The summed E-state index contributed by atoms with van der Waals surface area (Å²) in [4.78, 5) is 24.9. The lowest BCUT2D eigenvalue weighted by Gasteiger charge is -2.13. The lowest BCUT2D eigenvalue weighted by Crippen LogP contribution is -2.30. The second kappa shape index (κ2) is 7.25. The van der Waals surface area contributed by atoms with Crippen LogP contribution in [0.5, 0.6) is 0 Å². The fourth-order valence-corrected chi connectivity index (χ4v) is 1.70. The van der Waals surface area contributed by atoms with Crippen LogP contribution in [0.25, 0.3) is 0 Å². The maximum absolute atomic E-state index is 11.9. The molecule has 19 heavy (non-hydrogen) atoms. The van der Waals surface area contributed by atoms with E-state index in [2.05, 4.69) is 26.3 Å². The molecule has 0 fully saturated rings. The van der Waals surface area contributed by atoms with E-state index in [9.17, 15) is 9.59 Å². The average molecular weight is 333 g/mol. The van der Waals surface area contributed by atoms with Gasteiger partial charge in [-0.1, -0.05) is 0 Å². The molecule has 0 aliphatic carbocycles. The third kappa shape index (κ3) is 4.32. The molecule has 1 aromatic rings. The molecule has 106 valence electrons. The monoisotopic (exact) mass is 332 g/mol. The summed E-state index contributed by atoms with van der Waals surface area (Å²) in [6.45, 7) is 0.894. The number of carbonyl (C=O) groups is 1. The molecule has 0 aliphatic heterocycles. The molecule has 0 bridgehead atoms. The predicted molar refractivity (Wildman–Crippen MR) is 75.3 cm³/mol. The zero-order chi connectivity index (χ0) is 14.4. The number of hydrogen-bond donors (Lipinski definition) is 1. The summed E-state index contributed by atoms with van der Waals surface area (Å²) in [6, 6.07) is 0. The minimum Gasteiger partial charge on any atom is -0.383 e. The van der Waals surface area contributed by atoms with Gasteiger partial charge in [0.1, 0.15) is 4.47 Å². The Morgan fingerprint density at radius 1 is 1.58 bits per heavy atom. The molecule has 7 nitrogen and oxygen atoms in total. The maximum Gasteiger partial charge on any atom is 0.283 e. The summed E-state index contributed by atoms with van der Waals surface area (Å²) >= 11 is 3.21. The van der Waals surface area contributed by atoms with Crippen molar-refractivity contribution in [2.75, 3.05) is 39.7 Å². The Labute approximate surface area is 119 Å². The van der Waals surface area contributed by atoms with Crippen molar-refractivity contribution >= 4 is 27.5 Å². The van der Waals surface area contributed by atoms with Gasteiger partial charge in [-0.15, -0.1) is 0 Å². The number of ether oxygens (including phenoxy) is 1. The van der Waals surface area contributed by atoms with E-state index in [1.54, 1.807) is 21.2 Å². The van der Waals surface area contributed by atoms with Gasteiger partial charge in [-0.3, -0.25) is 9.59 Å². The third-order valence-corrected chi connectivity index (χ3v) is 3.19. The first-order valence-electron chi connectivity index (χ1n) is 5.66. The van der Waals surface area contributed by atoms with Crippen LogP contribution in [0.4, 0.5) is 5.69 Å². The predicted octanol–water partition coefficient (Wildman–Crippen LogP) is 0.152. The van der Waals surface area contributed by atoms with Gasteiger partial charge in [-0.05, 0) is 15.9 Å². The van der Waals surface area contributed by atoms with E-state index in [1.165, 1.54) is 15.8 Å². The maximum atomic E-state index is 11.9. The number of hydrogen-bond acceptors (Lipinski definition) is 5. The number of aromatic nitrogens is 2. The van der Waals surface area contributed by atoms with Crippen molar-refractivity contribution in [3.63, 3.8) is 0 Å². The lowest BCUT2D eigenvalue weighted by atomic mass is 10.4. The van der Waals surface area contributed by atoms with Crippen molar-refractivity contribution in [3.8, 4) is 0 Å². The number of likely N-dealkylation sites (N-methyl/N-ethyl adjacent to an activating group) is 1. The quantitative estimate of drug-likeness (QED) is 0.802. The molecule has 0 atom stereocenters. The van der Waals surface area contributed by atoms with Crippen LogP contribution in [0, 0.1) is 0 Å². The molecule has 1 heterocycles. The fourth-order valence-electron chi connectivity index (χ4n) is 1.25. The van der Waals surface area contributed by atoms with Gasteiger partial charge in [0.05, 0.1) is 31.6 Å². The average Bonchev–Trinajstić information content (AvgIpc) is 2.38. The molecule has 1 N–H and O–H groups in total. The Balaban J connectivity index is 2.79. The molecule has 1 amide bonds. The van der Waals surface area contributed by atoms with Crippen LogP contribution in [-0.2, 0) is 16.1 Å². The molecule has 1 rings (SSSR count). The molecule has 0 saturated carbocycles. The van der Waals surface area contributed by atoms with Crippen LogP contribution in [0.15, 0.2) is 15.5 Å². The Hall–Kier alpha value is -1.41. The zero-order valence-electron chi connectivity index (χ0n) is 11.1. The van der Waals surface area contributed by atoms with E-state index >= 15 is 0 Å². The molecule has 0 aromatic carbocycles. The SMILES string of the molecule is COCCn1ncc(NCC(=O)N(C)C)c(Br)c1=O. The Bertz CT molecular complexity index is 501. The van der Waals surface area contributed by atoms with Crippen LogP contribution in [0.1, 0.15) is 0 Å². The molecule has 0 aliphatic rings. The summed E-state index contributed by atoms with van der Waals surface area (Å²) in [5, 5.41) is 6.88. The summed E-state index contributed by atoms with van der Waals surface area (Å²) in [6.07, 6.45) is 1.50. The van der Waals surface area contributed by atoms with Crippen LogP contribution in [-0.4, -0.2) is 54.9 Å². The number of amides is 1. The number of anilines is 1. The topological polar surface area (TPSA) is 76.5 Å². The summed E-state index contributed by atoms with van der Waals surface area (Å²) < 4.78 is 6.55. The number of nitrogens with zero attached hydrogens (tertiary/aromatic N) is 3. The normalized spacial score (nSPS) is 10.3. The molecule has 8 heteroatoms. The molecule has 0 saturated heterocycles. The number of methoxy groups -OCH3 is 1. The van der Waals surface area contributed by atoms with Crippen molar-refractivity contribution in [2.24, 2.45) is 0 Å². The van der Waals surface area contributed by atoms with E-state index in [1.807, 2.05) is 0 Å². The number of nitrogens with one attached hydrogen (secondary N) is 1. The highest BCUT2D eigenvalue weighted by atomic mass is 79.9. The van der Waals surface area contributed by atoms with E-state index in [0.717, 1.165) is 0 Å². The van der Waals surface area contributed by atoms with Crippen LogP contribution in [0.2, 0.25) is 0 Å². The number of rotatable bonds is 6. The van der Waals surface area contributed by atoms with Gasteiger partial charge < -0.3 is 15.0 Å². The van der Waals surface area contributed by atoms with Crippen molar-refractivity contribution in [1.29, 1.82) is 0 Å². The first kappa shape index (κ1) is 15.6. The number of halogens is 1. The fraction of sp³-hybridized carbons (Fsp3) is 0.545. The summed E-state index contributed by atoms with van der Waals surface area (Å²) in [7, 11) is 4.89.